The number of unbranched alkanes of at least 4 members (excludes halogenated alkanes) is 31. The number of aliphatic hydroxyl groups is 8. The van der Waals surface area contributed by atoms with Crippen molar-refractivity contribution >= 4 is 5.91 Å². The number of carbonyl (C=O) groups excluding carboxylic acids is 1. The fourth-order valence-corrected chi connectivity index (χ4v) is 10.4. The van der Waals surface area contributed by atoms with Crippen LogP contribution in [0.5, 0.6) is 0 Å². The van der Waals surface area contributed by atoms with E-state index in [4.69, 9.17) is 18.9 Å². The first-order chi connectivity index (χ1) is 39.1. The van der Waals surface area contributed by atoms with Gasteiger partial charge in [-0.2, -0.15) is 0 Å². The average molecular weight is 1130 g/mol. The summed E-state index contributed by atoms with van der Waals surface area (Å²) in [5, 5.41) is 86.8. The van der Waals surface area contributed by atoms with Crippen LogP contribution < -0.4 is 5.32 Å². The Bertz CT molecular complexity index is 1570. The van der Waals surface area contributed by atoms with E-state index in [-0.39, 0.29) is 18.9 Å². The second-order valence-corrected chi connectivity index (χ2v) is 22.9. The minimum atomic E-state index is -1.79. The van der Waals surface area contributed by atoms with Crippen molar-refractivity contribution in [2.24, 2.45) is 0 Å². The fourth-order valence-electron chi connectivity index (χ4n) is 10.4. The molecule has 0 bridgehead atoms. The molecule has 0 radical (unpaired) electrons. The van der Waals surface area contributed by atoms with Crippen molar-refractivity contribution in [2.75, 3.05) is 19.8 Å². The van der Waals surface area contributed by atoms with Crippen molar-refractivity contribution in [3.8, 4) is 0 Å². The summed E-state index contributed by atoms with van der Waals surface area (Å²) in [7, 11) is 0. The zero-order valence-corrected chi connectivity index (χ0v) is 50.3. The summed E-state index contributed by atoms with van der Waals surface area (Å²) >= 11 is 0. The van der Waals surface area contributed by atoms with Crippen LogP contribution >= 0.6 is 0 Å². The van der Waals surface area contributed by atoms with Crippen LogP contribution in [0.15, 0.2) is 60.8 Å². The molecule has 1 amide bonds. The van der Waals surface area contributed by atoms with Gasteiger partial charge in [0.25, 0.3) is 0 Å². The summed E-state index contributed by atoms with van der Waals surface area (Å²) < 4.78 is 22.7. The molecule has 0 aromatic carbocycles. The maximum Gasteiger partial charge on any atom is 0.220 e. The normalized spacial score (nSPS) is 24.6. The van der Waals surface area contributed by atoms with E-state index in [2.05, 4.69) is 67.8 Å². The van der Waals surface area contributed by atoms with Crippen molar-refractivity contribution in [2.45, 2.75) is 331 Å². The van der Waals surface area contributed by atoms with Gasteiger partial charge in [-0.25, -0.2) is 0 Å². The van der Waals surface area contributed by atoms with Gasteiger partial charge in [0.15, 0.2) is 12.6 Å². The zero-order valence-electron chi connectivity index (χ0n) is 50.3. The van der Waals surface area contributed by atoms with E-state index in [1.165, 1.54) is 173 Å². The molecule has 12 atom stereocenters. The molecule has 80 heavy (non-hydrogen) atoms. The smallest absolute Gasteiger partial charge is 0.220 e. The van der Waals surface area contributed by atoms with Gasteiger partial charge in [0.1, 0.15) is 48.8 Å². The van der Waals surface area contributed by atoms with Gasteiger partial charge >= 0.3 is 0 Å². The molecular formula is C66H119NO13. The van der Waals surface area contributed by atoms with E-state index in [1.807, 2.05) is 6.08 Å². The summed E-state index contributed by atoms with van der Waals surface area (Å²) in [6, 6.07) is -0.929. The molecule has 0 aromatic heterocycles. The maximum absolute atomic E-state index is 13.2. The molecule has 0 spiro atoms. The Morgan fingerprint density at radius 2 is 0.838 bits per heavy atom. The van der Waals surface area contributed by atoms with Crippen LogP contribution in [0.25, 0.3) is 0 Å². The lowest BCUT2D eigenvalue weighted by Gasteiger charge is -2.46. The number of hydrogen-bond donors (Lipinski definition) is 9. The molecular weight excluding hydrogens is 1010 g/mol. The van der Waals surface area contributed by atoms with Crippen molar-refractivity contribution in [3.05, 3.63) is 60.8 Å². The van der Waals surface area contributed by atoms with Gasteiger partial charge in [-0.05, 0) is 70.6 Å². The van der Waals surface area contributed by atoms with Gasteiger partial charge in [-0.15, -0.1) is 0 Å². The highest BCUT2D eigenvalue weighted by Crippen LogP contribution is 2.30. The van der Waals surface area contributed by atoms with Crippen LogP contribution in [-0.4, -0.2) is 140 Å². The molecule has 2 aliphatic rings. The van der Waals surface area contributed by atoms with Crippen LogP contribution in [-0.2, 0) is 23.7 Å². The van der Waals surface area contributed by atoms with Crippen molar-refractivity contribution < 1.29 is 64.6 Å². The first-order valence-electron chi connectivity index (χ1n) is 32.5. The minimum absolute atomic E-state index is 0.250. The highest BCUT2D eigenvalue weighted by molar-refractivity contribution is 5.76. The number of carbonyl (C=O) groups is 1. The number of ether oxygens (including phenoxy) is 4. The molecule has 14 heteroatoms. The fraction of sp³-hybridized carbons (Fsp3) is 0.833. The van der Waals surface area contributed by atoms with Crippen LogP contribution in [0.3, 0.4) is 0 Å². The predicted molar refractivity (Wildman–Crippen MR) is 323 cm³/mol. The Balaban J connectivity index is 1.54. The Hall–Kier alpha value is -2.31. The van der Waals surface area contributed by atoms with Gasteiger partial charge < -0.3 is 65.1 Å². The summed E-state index contributed by atoms with van der Waals surface area (Å²) in [4.78, 5) is 13.2. The largest absolute Gasteiger partial charge is 0.394 e. The van der Waals surface area contributed by atoms with E-state index in [1.54, 1.807) is 6.08 Å². The lowest BCUT2D eigenvalue weighted by molar-refractivity contribution is -0.359. The molecule has 12 unspecified atom stereocenters. The van der Waals surface area contributed by atoms with Gasteiger partial charge in [0, 0.05) is 6.42 Å². The minimum Gasteiger partial charge on any atom is -0.394 e. The van der Waals surface area contributed by atoms with Gasteiger partial charge in [0.2, 0.25) is 5.91 Å². The molecule has 0 aliphatic carbocycles. The number of nitrogens with one attached hydrogen (secondary N) is 1. The van der Waals surface area contributed by atoms with Crippen molar-refractivity contribution in [1.29, 1.82) is 0 Å². The van der Waals surface area contributed by atoms with E-state index < -0.39 is 86.8 Å². The van der Waals surface area contributed by atoms with Crippen LogP contribution in [0.4, 0.5) is 0 Å². The monoisotopic (exact) mass is 1130 g/mol. The first kappa shape index (κ1) is 73.8. The molecule has 0 aromatic rings. The van der Waals surface area contributed by atoms with Crippen molar-refractivity contribution in [3.63, 3.8) is 0 Å². The zero-order chi connectivity index (χ0) is 58.1. The Morgan fingerprint density at radius 1 is 0.450 bits per heavy atom. The molecule has 9 N–H and O–H groups in total. The molecule has 2 saturated heterocycles. The number of hydrogen-bond acceptors (Lipinski definition) is 13. The van der Waals surface area contributed by atoms with E-state index >= 15 is 0 Å². The lowest BCUT2D eigenvalue weighted by Crippen LogP contribution is -2.65. The number of allylic oxidation sites excluding steroid dienone is 9. The van der Waals surface area contributed by atoms with Gasteiger partial charge in [-0.1, -0.05) is 242 Å². The highest BCUT2D eigenvalue weighted by atomic mass is 16.7. The summed E-state index contributed by atoms with van der Waals surface area (Å²) in [5.41, 5.74) is 0. The predicted octanol–water partition coefficient (Wildman–Crippen LogP) is 12.1. The van der Waals surface area contributed by atoms with Crippen molar-refractivity contribution in [1.82, 2.24) is 5.32 Å². The van der Waals surface area contributed by atoms with Gasteiger partial charge in [0.05, 0.1) is 32.0 Å². The van der Waals surface area contributed by atoms with Crippen LogP contribution in [0.2, 0.25) is 0 Å². The first-order valence-corrected chi connectivity index (χ1v) is 32.5. The summed E-state index contributed by atoms with van der Waals surface area (Å²) in [5.74, 6) is -0.250. The number of amides is 1. The molecule has 2 rings (SSSR count). The quantitative estimate of drug-likeness (QED) is 0.0204. The van der Waals surface area contributed by atoms with E-state index in [0.29, 0.717) is 12.8 Å². The SMILES string of the molecule is CCCCC/C=C/CC/C=C/C(O)C(COC1OC(CO)C(OC2OC(CO)C(O)C(O)C2O)C(O)C1O)NC(=O)CCCCCCCCCCCCCCCCCCCCCCCC/C=C\C/C=C\C/C=C\CCCCCCC. The van der Waals surface area contributed by atoms with Crippen LogP contribution in [0, 0.1) is 0 Å². The molecule has 2 aliphatic heterocycles. The second-order valence-electron chi connectivity index (χ2n) is 22.9. The molecule has 2 heterocycles. The average Bonchev–Trinajstić information content (AvgIpc) is 3.49. The van der Waals surface area contributed by atoms with Gasteiger partial charge in [-0.3, -0.25) is 4.79 Å². The molecule has 466 valence electrons. The Morgan fingerprint density at radius 3 is 1.34 bits per heavy atom. The summed E-state index contributed by atoms with van der Waals surface area (Å²) in [6.07, 6.45) is 50.4. The van der Waals surface area contributed by atoms with Crippen LogP contribution in [0.1, 0.15) is 258 Å². The molecule has 14 nitrogen and oxygen atoms in total. The maximum atomic E-state index is 13.2. The number of rotatable bonds is 52. The Kier molecular flexibility index (Phi) is 47.2. The third-order valence-corrected chi connectivity index (χ3v) is 15.7. The third-order valence-electron chi connectivity index (χ3n) is 15.7. The summed E-state index contributed by atoms with van der Waals surface area (Å²) in [6.45, 7) is 2.71. The lowest BCUT2D eigenvalue weighted by atomic mass is 9.97. The molecule has 0 saturated carbocycles. The number of aliphatic hydroxyl groups excluding tert-OH is 8. The Labute approximate surface area is 486 Å². The highest BCUT2D eigenvalue weighted by Gasteiger charge is 2.51. The topological polar surface area (TPSA) is 228 Å². The standard InChI is InChI=1S/C66H119NO13/c1-3-5-7-9-11-13-14-15-16-17-18-19-20-21-22-23-24-25-26-27-28-29-30-31-32-33-34-35-36-37-38-39-40-42-44-46-48-50-58(71)67-54(55(70)49-47-45-43-41-12-10-8-6-4-2)53-77-65-63(76)61(74)64(57(52-69)79-65)80-66-62(75)60(73)59(72)56(51-68)78-66/h12,14-15,17-18,20-21,41,47,49,54-57,59-66,68-70,72-76H,3-11,13,16,19,22-40,42-46,48,50-53H2,1-2H3,(H,67,71)/b15-14-,18-17-,21-20-,41-12+,49-47+. The molecule has 2 fully saturated rings. The third kappa shape index (κ3) is 35.7. The second kappa shape index (κ2) is 51.1. The van der Waals surface area contributed by atoms with E-state index in [9.17, 15) is 45.6 Å². The van der Waals surface area contributed by atoms with E-state index in [0.717, 1.165) is 51.4 Å².